The number of rotatable bonds is 4. The lowest BCUT2D eigenvalue weighted by Crippen LogP contribution is -1.90. The van der Waals surface area contributed by atoms with Crippen LogP contribution in [-0.4, -0.2) is 12.9 Å². The third-order valence-corrected chi connectivity index (χ3v) is 3.49. The molecule has 0 aliphatic rings. The number of carbonyl (C=O) groups excluding carboxylic acids is 1. The van der Waals surface area contributed by atoms with Crippen molar-refractivity contribution < 1.29 is 9.53 Å². The molecule has 0 unspecified atom stereocenters. The molecule has 1 aromatic carbocycles. The topological polar surface area (TPSA) is 26.3 Å². The molecule has 2 rings (SSSR count). The number of carbonyl (C=O) groups is 1. The van der Waals surface area contributed by atoms with Crippen molar-refractivity contribution in [3.8, 4) is 5.75 Å². The fourth-order valence-corrected chi connectivity index (χ4v) is 2.33. The van der Waals surface area contributed by atoms with Gasteiger partial charge in [-0.15, -0.1) is 11.3 Å². The molecule has 0 saturated heterocycles. The third kappa shape index (κ3) is 3.00. The highest BCUT2D eigenvalue weighted by Gasteiger charge is 2.04. The van der Waals surface area contributed by atoms with Crippen LogP contribution in [-0.2, 0) is 0 Å². The average molecular weight is 279 g/mol. The summed E-state index contributed by atoms with van der Waals surface area (Å²) in [6.07, 6.45) is 3.24. The van der Waals surface area contributed by atoms with Crippen molar-refractivity contribution in [2.75, 3.05) is 7.11 Å². The Balaban J connectivity index is 2.23. The molecule has 2 nitrogen and oxygen atoms in total. The molecule has 0 fully saturated rings. The van der Waals surface area contributed by atoms with E-state index in [9.17, 15) is 4.79 Å². The van der Waals surface area contributed by atoms with Gasteiger partial charge in [-0.3, -0.25) is 4.79 Å². The Bertz CT molecular complexity index is 573. The minimum atomic E-state index is -0.0213. The van der Waals surface area contributed by atoms with Crippen molar-refractivity contribution in [1.82, 2.24) is 0 Å². The Morgan fingerprint density at radius 1 is 1.39 bits per heavy atom. The number of ketones is 1. The smallest absolute Gasteiger partial charge is 0.195 e. The number of benzene rings is 1. The van der Waals surface area contributed by atoms with Crippen LogP contribution in [0.15, 0.2) is 41.8 Å². The summed E-state index contributed by atoms with van der Waals surface area (Å²) in [6.45, 7) is 0. The van der Waals surface area contributed by atoms with Crippen LogP contribution in [0.3, 0.4) is 0 Å². The van der Waals surface area contributed by atoms with E-state index in [1.165, 1.54) is 17.4 Å². The molecule has 92 valence electrons. The monoisotopic (exact) mass is 278 g/mol. The van der Waals surface area contributed by atoms with Gasteiger partial charge in [-0.25, -0.2) is 0 Å². The largest absolute Gasteiger partial charge is 0.496 e. The number of hydrogen-bond donors (Lipinski definition) is 0. The second-order valence-electron chi connectivity index (χ2n) is 3.56. The SMILES string of the molecule is COc1ccc(Cl)cc1/C=C/C(=O)c1cccs1. The quantitative estimate of drug-likeness (QED) is 0.615. The average Bonchev–Trinajstić information content (AvgIpc) is 2.90. The molecule has 0 aliphatic carbocycles. The van der Waals surface area contributed by atoms with Crippen molar-refractivity contribution in [3.63, 3.8) is 0 Å². The highest BCUT2D eigenvalue weighted by atomic mass is 35.5. The first-order valence-corrected chi connectivity index (χ1v) is 6.56. The normalized spacial score (nSPS) is 10.8. The maximum absolute atomic E-state index is 11.8. The van der Waals surface area contributed by atoms with Gasteiger partial charge >= 0.3 is 0 Å². The van der Waals surface area contributed by atoms with Crippen molar-refractivity contribution in [2.24, 2.45) is 0 Å². The summed E-state index contributed by atoms with van der Waals surface area (Å²) in [5.41, 5.74) is 0.787. The second kappa shape index (κ2) is 5.85. The van der Waals surface area contributed by atoms with E-state index in [-0.39, 0.29) is 5.78 Å². The van der Waals surface area contributed by atoms with Gasteiger partial charge in [0, 0.05) is 10.6 Å². The molecule has 0 N–H and O–H groups in total. The molecule has 1 heterocycles. The maximum Gasteiger partial charge on any atom is 0.195 e. The van der Waals surface area contributed by atoms with Crippen LogP contribution in [0.1, 0.15) is 15.2 Å². The van der Waals surface area contributed by atoms with Crippen LogP contribution in [0.2, 0.25) is 5.02 Å². The summed E-state index contributed by atoms with van der Waals surface area (Å²) in [5.74, 6) is 0.668. The highest BCUT2D eigenvalue weighted by Crippen LogP contribution is 2.24. The van der Waals surface area contributed by atoms with E-state index < -0.39 is 0 Å². The molecule has 0 aliphatic heterocycles. The Labute approximate surface area is 114 Å². The van der Waals surface area contributed by atoms with Crippen LogP contribution in [0.25, 0.3) is 6.08 Å². The zero-order chi connectivity index (χ0) is 13.0. The lowest BCUT2D eigenvalue weighted by Gasteiger charge is -2.04. The Morgan fingerprint density at radius 2 is 2.22 bits per heavy atom. The third-order valence-electron chi connectivity index (χ3n) is 2.37. The van der Waals surface area contributed by atoms with Gasteiger partial charge < -0.3 is 4.74 Å². The van der Waals surface area contributed by atoms with E-state index in [1.807, 2.05) is 11.4 Å². The molecule has 1 aromatic heterocycles. The number of hydrogen-bond acceptors (Lipinski definition) is 3. The van der Waals surface area contributed by atoms with E-state index in [2.05, 4.69) is 0 Å². The molecule has 0 saturated carbocycles. The van der Waals surface area contributed by atoms with Crippen molar-refractivity contribution in [1.29, 1.82) is 0 Å². The molecule has 2 aromatic rings. The van der Waals surface area contributed by atoms with Crippen LogP contribution < -0.4 is 4.74 Å². The molecule has 0 radical (unpaired) electrons. The van der Waals surface area contributed by atoms with Crippen LogP contribution in [0, 0.1) is 0 Å². The highest BCUT2D eigenvalue weighted by molar-refractivity contribution is 7.12. The first-order chi connectivity index (χ1) is 8.70. The van der Waals surface area contributed by atoms with Gasteiger partial charge in [-0.1, -0.05) is 17.7 Å². The molecule has 0 amide bonds. The summed E-state index contributed by atoms with van der Waals surface area (Å²) in [6, 6.07) is 8.94. The fourth-order valence-electron chi connectivity index (χ4n) is 1.50. The van der Waals surface area contributed by atoms with E-state index >= 15 is 0 Å². The molecular formula is C14H11ClO2S. The predicted molar refractivity (Wildman–Crippen MR) is 75.7 cm³/mol. The van der Waals surface area contributed by atoms with Crippen LogP contribution in [0.5, 0.6) is 5.75 Å². The Morgan fingerprint density at radius 3 is 2.89 bits per heavy atom. The van der Waals surface area contributed by atoms with E-state index in [0.29, 0.717) is 15.6 Å². The van der Waals surface area contributed by atoms with Gasteiger partial charge in [0.15, 0.2) is 5.78 Å². The molecule has 18 heavy (non-hydrogen) atoms. The van der Waals surface area contributed by atoms with Crippen molar-refractivity contribution in [3.05, 3.63) is 57.3 Å². The number of allylic oxidation sites excluding steroid dienone is 1. The fraction of sp³-hybridized carbons (Fsp3) is 0.0714. The zero-order valence-electron chi connectivity index (χ0n) is 9.72. The maximum atomic E-state index is 11.8. The summed E-state index contributed by atoms with van der Waals surface area (Å²) in [5, 5.41) is 2.49. The second-order valence-corrected chi connectivity index (χ2v) is 4.95. The molecule has 4 heteroatoms. The molecule has 0 bridgehead atoms. The van der Waals surface area contributed by atoms with Crippen LogP contribution in [0.4, 0.5) is 0 Å². The first-order valence-electron chi connectivity index (χ1n) is 5.30. The predicted octanol–water partition coefficient (Wildman–Crippen LogP) is 4.31. The van der Waals surface area contributed by atoms with Gasteiger partial charge in [0.1, 0.15) is 5.75 Å². The van der Waals surface area contributed by atoms with Gasteiger partial charge in [-0.05, 0) is 41.8 Å². The number of thiophene rings is 1. The van der Waals surface area contributed by atoms with Crippen molar-refractivity contribution in [2.45, 2.75) is 0 Å². The standard InChI is InChI=1S/C14H11ClO2S/c1-17-13-7-5-11(15)9-10(13)4-6-12(16)14-3-2-8-18-14/h2-9H,1H3/b6-4+. The Kier molecular flexibility index (Phi) is 4.18. The van der Waals surface area contributed by atoms with Gasteiger partial charge in [0.25, 0.3) is 0 Å². The number of ether oxygens (including phenoxy) is 1. The summed E-state index contributed by atoms with van der Waals surface area (Å²) >= 11 is 7.34. The Hall–Kier alpha value is -1.58. The lowest BCUT2D eigenvalue weighted by atomic mass is 10.1. The summed E-state index contributed by atoms with van der Waals surface area (Å²) in [7, 11) is 1.58. The minimum Gasteiger partial charge on any atom is -0.496 e. The van der Waals surface area contributed by atoms with E-state index in [4.69, 9.17) is 16.3 Å². The van der Waals surface area contributed by atoms with Gasteiger partial charge in [0.2, 0.25) is 0 Å². The van der Waals surface area contributed by atoms with Gasteiger partial charge in [0.05, 0.1) is 12.0 Å². The number of methoxy groups -OCH3 is 1. The summed E-state index contributed by atoms with van der Waals surface area (Å²) in [4.78, 5) is 12.5. The van der Waals surface area contributed by atoms with E-state index in [1.54, 1.807) is 37.5 Å². The molecule has 0 spiro atoms. The first kappa shape index (κ1) is 12.9. The zero-order valence-corrected chi connectivity index (χ0v) is 11.3. The summed E-state index contributed by atoms with van der Waals surface area (Å²) < 4.78 is 5.20. The van der Waals surface area contributed by atoms with Gasteiger partial charge in [-0.2, -0.15) is 0 Å². The van der Waals surface area contributed by atoms with Crippen molar-refractivity contribution >= 4 is 34.8 Å². The van der Waals surface area contributed by atoms with Crippen LogP contribution >= 0.6 is 22.9 Å². The van der Waals surface area contributed by atoms with E-state index in [0.717, 1.165) is 5.56 Å². The molecule has 0 atom stereocenters. The minimum absolute atomic E-state index is 0.0213. The number of halogens is 1. The molecular weight excluding hydrogens is 268 g/mol. The lowest BCUT2D eigenvalue weighted by molar-refractivity contribution is 0.105.